The molecule has 0 radical (unpaired) electrons. The summed E-state index contributed by atoms with van der Waals surface area (Å²) >= 11 is 3.49. The number of alkyl halides is 1. The topological polar surface area (TPSA) is 144 Å². The van der Waals surface area contributed by atoms with E-state index in [4.69, 9.17) is 47.4 Å². The molecule has 0 saturated carbocycles. The fraction of sp³-hybridized carbons (Fsp3) is 0.413. The van der Waals surface area contributed by atoms with Gasteiger partial charge < -0.3 is 47.4 Å². The van der Waals surface area contributed by atoms with Crippen molar-refractivity contribution >= 4 is 33.8 Å². The molecule has 6 rings (SSSR count). The van der Waals surface area contributed by atoms with Gasteiger partial charge in [0.1, 0.15) is 43.2 Å². The van der Waals surface area contributed by atoms with Gasteiger partial charge in [0.05, 0.1) is 33.0 Å². The number of esters is 3. The van der Waals surface area contributed by atoms with Crippen LogP contribution in [0.3, 0.4) is 0 Å². The molecule has 14 heteroatoms. The highest BCUT2D eigenvalue weighted by Crippen LogP contribution is 2.37. The van der Waals surface area contributed by atoms with Gasteiger partial charge >= 0.3 is 17.9 Å². The summed E-state index contributed by atoms with van der Waals surface area (Å²) in [6.45, 7) is 4.30. The van der Waals surface area contributed by atoms with Gasteiger partial charge in [0.15, 0.2) is 23.5 Å². The maximum Gasteiger partial charge on any atom is 0.303 e. The van der Waals surface area contributed by atoms with Gasteiger partial charge in [-0.1, -0.05) is 137 Å². The first-order valence-corrected chi connectivity index (χ1v) is 20.7. The first-order valence-electron chi connectivity index (χ1n) is 19.8. The zero-order valence-corrected chi connectivity index (χ0v) is 35.3. The molecule has 0 spiro atoms. The van der Waals surface area contributed by atoms with Crippen LogP contribution in [0.25, 0.3) is 0 Å². The van der Waals surface area contributed by atoms with Gasteiger partial charge in [-0.05, 0) is 22.3 Å². The molecule has 2 fully saturated rings. The molecule has 2 aliphatic rings. The van der Waals surface area contributed by atoms with E-state index < -0.39 is 78.0 Å². The molecular formula is C46H51BrO13. The third-order valence-corrected chi connectivity index (χ3v) is 10.5. The molecule has 2 aliphatic heterocycles. The predicted octanol–water partition coefficient (Wildman–Crippen LogP) is 6.62. The highest BCUT2D eigenvalue weighted by atomic mass is 79.9. The summed E-state index contributed by atoms with van der Waals surface area (Å²) in [6.07, 6.45) is -9.41. The average Bonchev–Trinajstić information content (AvgIpc) is 3.24. The minimum atomic E-state index is -1.27. The summed E-state index contributed by atoms with van der Waals surface area (Å²) in [5.41, 5.74) is 3.67. The highest BCUT2D eigenvalue weighted by Gasteiger charge is 2.55. The van der Waals surface area contributed by atoms with Crippen LogP contribution in [-0.4, -0.2) is 91.3 Å². The van der Waals surface area contributed by atoms with Crippen molar-refractivity contribution in [2.45, 2.75) is 107 Å². The molecule has 4 aromatic rings. The fourth-order valence-electron chi connectivity index (χ4n) is 7.02. The first kappa shape index (κ1) is 45.0. The van der Waals surface area contributed by atoms with Gasteiger partial charge in [-0.25, -0.2) is 0 Å². The summed E-state index contributed by atoms with van der Waals surface area (Å²) in [7, 11) is 0. The lowest BCUT2D eigenvalue weighted by molar-refractivity contribution is -0.355. The van der Waals surface area contributed by atoms with Gasteiger partial charge in [-0.2, -0.15) is 0 Å². The van der Waals surface area contributed by atoms with Crippen molar-refractivity contribution < 1.29 is 61.8 Å². The zero-order chi connectivity index (χ0) is 42.3. The second-order valence-electron chi connectivity index (χ2n) is 14.4. The number of carbonyl (C=O) groups excluding carboxylic acids is 3. The molecule has 0 bridgehead atoms. The van der Waals surface area contributed by atoms with Crippen molar-refractivity contribution in [3.05, 3.63) is 144 Å². The lowest BCUT2D eigenvalue weighted by atomic mass is 9.96. The molecule has 0 amide bonds. The molecule has 320 valence electrons. The van der Waals surface area contributed by atoms with Crippen molar-refractivity contribution in [3.8, 4) is 0 Å². The normalized spacial score (nSPS) is 26.5. The first-order chi connectivity index (χ1) is 29.1. The summed E-state index contributed by atoms with van der Waals surface area (Å²) in [6, 6.07) is 38.8. The smallest absolute Gasteiger partial charge is 0.303 e. The van der Waals surface area contributed by atoms with Crippen LogP contribution < -0.4 is 0 Å². The second-order valence-corrected chi connectivity index (χ2v) is 15.3. The number of benzene rings is 4. The van der Waals surface area contributed by atoms with Crippen LogP contribution in [0.5, 0.6) is 0 Å². The Bertz CT molecular complexity index is 1900. The van der Waals surface area contributed by atoms with Crippen LogP contribution in [0.15, 0.2) is 121 Å². The van der Waals surface area contributed by atoms with Crippen molar-refractivity contribution in [1.29, 1.82) is 0 Å². The van der Waals surface area contributed by atoms with E-state index in [9.17, 15) is 14.4 Å². The molecule has 60 heavy (non-hydrogen) atoms. The van der Waals surface area contributed by atoms with E-state index in [1.807, 2.05) is 121 Å². The van der Waals surface area contributed by atoms with Crippen LogP contribution in [0.4, 0.5) is 0 Å². The number of hydrogen-bond acceptors (Lipinski definition) is 13. The van der Waals surface area contributed by atoms with Gasteiger partial charge in [0, 0.05) is 20.8 Å². The van der Waals surface area contributed by atoms with Crippen molar-refractivity contribution in [1.82, 2.24) is 0 Å². The minimum absolute atomic E-state index is 0.0511. The van der Waals surface area contributed by atoms with Crippen LogP contribution in [-0.2, 0) is 88.2 Å². The van der Waals surface area contributed by atoms with E-state index in [0.717, 1.165) is 22.3 Å². The monoisotopic (exact) mass is 890 g/mol. The van der Waals surface area contributed by atoms with Crippen LogP contribution in [0.1, 0.15) is 43.0 Å². The van der Waals surface area contributed by atoms with Gasteiger partial charge in [-0.15, -0.1) is 0 Å². The molecule has 0 unspecified atom stereocenters. The molecule has 0 N–H and O–H groups in total. The quantitative estimate of drug-likeness (QED) is 0.0566. The molecule has 10 atom stereocenters. The molecule has 2 heterocycles. The summed E-state index contributed by atoms with van der Waals surface area (Å²) in [5.74, 6) is -1.89. The Kier molecular flexibility index (Phi) is 17.2. The lowest BCUT2D eigenvalue weighted by Gasteiger charge is -2.49. The third kappa shape index (κ3) is 13.2. The Morgan fingerprint density at radius 3 is 1.40 bits per heavy atom. The second kappa shape index (κ2) is 22.9. The molecule has 4 aromatic carbocycles. The summed E-state index contributed by atoms with van der Waals surface area (Å²) in [4.78, 5) is 37.2. The van der Waals surface area contributed by atoms with E-state index >= 15 is 0 Å². The molecular weight excluding hydrogens is 840 g/mol. The van der Waals surface area contributed by atoms with Crippen LogP contribution in [0, 0.1) is 0 Å². The van der Waals surface area contributed by atoms with E-state index in [-0.39, 0.29) is 39.6 Å². The Balaban J connectivity index is 1.41. The van der Waals surface area contributed by atoms with Crippen molar-refractivity contribution in [2.75, 3.05) is 13.2 Å². The number of rotatable bonds is 19. The Hall–Kier alpha value is -4.51. The summed E-state index contributed by atoms with van der Waals surface area (Å²) in [5, 5.41) is -0.983. The fourth-order valence-corrected chi connectivity index (χ4v) is 7.70. The van der Waals surface area contributed by atoms with Crippen molar-refractivity contribution in [3.63, 3.8) is 0 Å². The highest BCUT2D eigenvalue weighted by molar-refractivity contribution is 9.09. The van der Waals surface area contributed by atoms with Crippen LogP contribution >= 0.6 is 15.9 Å². The van der Waals surface area contributed by atoms with E-state index in [2.05, 4.69) is 15.9 Å². The SMILES string of the molecule is CC(=O)OC[C@H]1O[C@@H](Br)[C@H](OC(C)=O)[C@@H](O[C@H]2O[C@H](COCc3ccccc3)[C@H](OCc3ccccc3)[C@H](OCc3ccccc3)[C@H]2OCc2ccccc2)[C@H]1OC(C)=O. The number of carbonyl (C=O) groups is 3. The standard InChI is InChI=1S/C46H51BrO13/c1-30(48)52-29-38-40(56-31(2)49)42(43(45(47)58-38)57-32(3)50)60-46-44(55-27-36-22-14-7-15-23-36)41(54-26-35-20-12-6-13-21-35)39(53-25-34-18-10-5-11-19-34)37(59-46)28-51-24-33-16-8-4-9-17-33/h4-23,37-46H,24-29H2,1-3H3/t37-,38-,39+,40+,41+,42+,43-,44-,45-,46-/m1/s1. The maximum absolute atomic E-state index is 12.7. The van der Waals surface area contributed by atoms with Crippen molar-refractivity contribution in [2.24, 2.45) is 0 Å². The Morgan fingerprint density at radius 1 is 0.483 bits per heavy atom. The Labute approximate surface area is 358 Å². The number of hydrogen-bond donors (Lipinski definition) is 0. The van der Waals surface area contributed by atoms with Crippen LogP contribution in [0.2, 0.25) is 0 Å². The predicted molar refractivity (Wildman–Crippen MR) is 220 cm³/mol. The molecule has 0 aliphatic carbocycles. The summed E-state index contributed by atoms with van der Waals surface area (Å²) < 4.78 is 63.5. The largest absolute Gasteiger partial charge is 0.463 e. The van der Waals surface area contributed by atoms with E-state index in [0.29, 0.717) is 0 Å². The Morgan fingerprint density at radius 2 is 0.917 bits per heavy atom. The van der Waals surface area contributed by atoms with E-state index in [1.54, 1.807) is 0 Å². The number of halogens is 1. The number of ether oxygens (including phenoxy) is 10. The zero-order valence-electron chi connectivity index (χ0n) is 33.7. The molecule has 13 nitrogen and oxygen atoms in total. The minimum Gasteiger partial charge on any atom is -0.463 e. The third-order valence-electron chi connectivity index (χ3n) is 9.76. The van der Waals surface area contributed by atoms with E-state index in [1.165, 1.54) is 20.8 Å². The van der Waals surface area contributed by atoms with Gasteiger partial charge in [-0.3, -0.25) is 14.4 Å². The van der Waals surface area contributed by atoms with Gasteiger partial charge in [0.2, 0.25) is 0 Å². The maximum atomic E-state index is 12.7. The van der Waals surface area contributed by atoms with Gasteiger partial charge in [0.25, 0.3) is 0 Å². The lowest BCUT2D eigenvalue weighted by Crippen LogP contribution is -2.66. The molecule has 2 saturated heterocycles. The average molecular weight is 892 g/mol. The molecule has 0 aromatic heterocycles.